The van der Waals surface area contributed by atoms with Gasteiger partial charge in [-0.1, -0.05) is 0 Å². The van der Waals surface area contributed by atoms with E-state index in [-0.39, 0.29) is 17.6 Å². The van der Waals surface area contributed by atoms with Crippen LogP contribution < -0.4 is 0 Å². The minimum atomic E-state index is -0.212. The van der Waals surface area contributed by atoms with Crippen LogP contribution >= 0.6 is 0 Å². The summed E-state index contributed by atoms with van der Waals surface area (Å²) < 4.78 is 11.2. The second kappa shape index (κ2) is 4.86. The van der Waals surface area contributed by atoms with Crippen molar-refractivity contribution in [1.29, 1.82) is 0 Å². The first-order valence-corrected chi connectivity index (χ1v) is 6.44. The van der Waals surface area contributed by atoms with Gasteiger partial charge in [-0.2, -0.15) is 0 Å². The monoisotopic (exact) mass is 263 g/mol. The summed E-state index contributed by atoms with van der Waals surface area (Å²) in [6, 6.07) is 0. The van der Waals surface area contributed by atoms with Gasteiger partial charge < -0.3 is 14.4 Å². The number of nitrogens with zero attached hydrogens (tertiary/aromatic N) is 3. The molecule has 2 aliphatic heterocycles. The van der Waals surface area contributed by atoms with E-state index in [1.165, 1.54) is 12.4 Å². The minimum absolute atomic E-state index is 0.0816. The average Bonchev–Trinajstić information content (AvgIpc) is 2.45. The number of amides is 1. The fourth-order valence-electron chi connectivity index (χ4n) is 2.77. The smallest absolute Gasteiger partial charge is 0.274 e. The molecule has 3 heterocycles. The normalized spacial score (nSPS) is 25.1. The van der Waals surface area contributed by atoms with Gasteiger partial charge in [0.1, 0.15) is 11.3 Å². The van der Waals surface area contributed by atoms with Crippen molar-refractivity contribution in [2.24, 2.45) is 0 Å². The van der Waals surface area contributed by atoms with Crippen molar-refractivity contribution in [2.75, 3.05) is 26.8 Å². The third kappa shape index (κ3) is 2.33. The number of aromatic nitrogens is 2. The lowest BCUT2D eigenvalue weighted by Gasteiger charge is -2.52. The third-order valence-corrected chi connectivity index (χ3v) is 3.81. The van der Waals surface area contributed by atoms with Crippen LogP contribution in [0.5, 0.6) is 0 Å². The van der Waals surface area contributed by atoms with Gasteiger partial charge in [-0.05, 0) is 6.42 Å². The van der Waals surface area contributed by atoms with E-state index >= 15 is 0 Å². The summed E-state index contributed by atoms with van der Waals surface area (Å²) in [5.74, 6) is -0.0816. The van der Waals surface area contributed by atoms with Gasteiger partial charge in [0.25, 0.3) is 5.91 Å². The SMILES string of the molecule is COC1CCOC2(C1)CN(C(=O)c1cnccn1)C2. The molecule has 6 nitrogen and oxygen atoms in total. The lowest BCUT2D eigenvalue weighted by molar-refractivity contribution is -0.182. The Kier molecular flexibility index (Phi) is 3.20. The van der Waals surface area contributed by atoms with Crippen LogP contribution in [0.4, 0.5) is 0 Å². The molecular formula is C13H17N3O3. The number of carbonyl (C=O) groups is 1. The summed E-state index contributed by atoms with van der Waals surface area (Å²) in [6.07, 6.45) is 6.60. The van der Waals surface area contributed by atoms with E-state index in [0.717, 1.165) is 12.8 Å². The molecule has 6 heteroatoms. The Labute approximate surface area is 111 Å². The van der Waals surface area contributed by atoms with Crippen LogP contribution in [-0.2, 0) is 9.47 Å². The molecule has 0 radical (unpaired) electrons. The molecule has 1 aromatic heterocycles. The Morgan fingerprint density at radius 1 is 1.53 bits per heavy atom. The number of ether oxygens (including phenoxy) is 2. The highest BCUT2D eigenvalue weighted by molar-refractivity contribution is 5.92. The average molecular weight is 263 g/mol. The van der Waals surface area contributed by atoms with E-state index in [4.69, 9.17) is 9.47 Å². The summed E-state index contributed by atoms with van der Waals surface area (Å²) >= 11 is 0. The van der Waals surface area contributed by atoms with Gasteiger partial charge in [-0.15, -0.1) is 0 Å². The Bertz CT molecular complexity index is 459. The molecule has 1 atom stereocenters. The lowest BCUT2D eigenvalue weighted by Crippen LogP contribution is -2.67. The molecule has 0 aromatic carbocycles. The first-order valence-electron chi connectivity index (χ1n) is 6.44. The number of likely N-dealkylation sites (tertiary alicyclic amines) is 1. The molecule has 3 rings (SSSR count). The number of hydrogen-bond acceptors (Lipinski definition) is 5. The standard InChI is InChI=1S/C13H17N3O3/c1-18-10-2-5-19-13(6-10)8-16(9-13)12(17)11-7-14-3-4-15-11/h3-4,7,10H,2,5-6,8-9H2,1H3. The molecule has 0 bridgehead atoms. The van der Waals surface area contributed by atoms with Gasteiger partial charge in [-0.3, -0.25) is 9.78 Å². The molecule has 1 amide bonds. The van der Waals surface area contributed by atoms with Crippen molar-refractivity contribution in [3.05, 3.63) is 24.3 Å². The summed E-state index contributed by atoms with van der Waals surface area (Å²) in [7, 11) is 1.73. The van der Waals surface area contributed by atoms with Gasteiger partial charge >= 0.3 is 0 Å². The van der Waals surface area contributed by atoms with Crippen LogP contribution in [0.2, 0.25) is 0 Å². The van der Waals surface area contributed by atoms with Crippen molar-refractivity contribution in [1.82, 2.24) is 14.9 Å². The molecule has 0 N–H and O–H groups in total. The molecule has 2 aliphatic rings. The molecule has 102 valence electrons. The van der Waals surface area contributed by atoms with Crippen LogP contribution in [0, 0.1) is 0 Å². The van der Waals surface area contributed by atoms with Crippen molar-refractivity contribution >= 4 is 5.91 Å². The van der Waals surface area contributed by atoms with E-state index in [0.29, 0.717) is 25.4 Å². The van der Waals surface area contributed by atoms with Gasteiger partial charge in [0.05, 0.1) is 25.4 Å². The van der Waals surface area contributed by atoms with Crippen molar-refractivity contribution < 1.29 is 14.3 Å². The maximum absolute atomic E-state index is 12.1. The largest absolute Gasteiger partial charge is 0.381 e. The predicted molar refractivity (Wildman–Crippen MR) is 66.6 cm³/mol. The first-order chi connectivity index (χ1) is 9.22. The summed E-state index contributed by atoms with van der Waals surface area (Å²) in [5.41, 5.74) is 0.174. The number of rotatable bonds is 2. The molecule has 1 aromatic rings. The molecule has 1 spiro atoms. The third-order valence-electron chi connectivity index (χ3n) is 3.81. The van der Waals surface area contributed by atoms with Gasteiger partial charge in [0.15, 0.2) is 0 Å². The number of methoxy groups -OCH3 is 1. The zero-order valence-electron chi connectivity index (χ0n) is 10.9. The van der Waals surface area contributed by atoms with Crippen LogP contribution in [0.15, 0.2) is 18.6 Å². The molecule has 19 heavy (non-hydrogen) atoms. The second-order valence-corrected chi connectivity index (χ2v) is 5.13. The molecular weight excluding hydrogens is 246 g/mol. The maximum Gasteiger partial charge on any atom is 0.274 e. The quantitative estimate of drug-likeness (QED) is 0.777. The van der Waals surface area contributed by atoms with Crippen molar-refractivity contribution in [2.45, 2.75) is 24.5 Å². The van der Waals surface area contributed by atoms with E-state index in [1.54, 1.807) is 18.2 Å². The van der Waals surface area contributed by atoms with E-state index in [9.17, 15) is 4.79 Å². The van der Waals surface area contributed by atoms with Gasteiger partial charge in [0.2, 0.25) is 0 Å². The van der Waals surface area contributed by atoms with Crippen LogP contribution in [0.3, 0.4) is 0 Å². The second-order valence-electron chi connectivity index (χ2n) is 5.13. The van der Waals surface area contributed by atoms with Gasteiger partial charge in [0, 0.05) is 32.5 Å². The zero-order valence-corrected chi connectivity index (χ0v) is 10.9. The fourth-order valence-corrected chi connectivity index (χ4v) is 2.77. The lowest BCUT2D eigenvalue weighted by atomic mass is 9.84. The summed E-state index contributed by atoms with van der Waals surface area (Å²) in [4.78, 5) is 21.8. The summed E-state index contributed by atoms with van der Waals surface area (Å²) in [5, 5.41) is 0. The molecule has 0 saturated carbocycles. The van der Waals surface area contributed by atoms with Crippen molar-refractivity contribution in [3.63, 3.8) is 0 Å². The highest BCUT2D eigenvalue weighted by Crippen LogP contribution is 2.35. The summed E-state index contributed by atoms with van der Waals surface area (Å²) in [6.45, 7) is 1.93. The maximum atomic E-state index is 12.1. The Hall–Kier alpha value is -1.53. The molecule has 2 saturated heterocycles. The van der Waals surface area contributed by atoms with Crippen LogP contribution in [0.25, 0.3) is 0 Å². The van der Waals surface area contributed by atoms with Crippen LogP contribution in [0.1, 0.15) is 23.3 Å². The highest BCUT2D eigenvalue weighted by atomic mass is 16.5. The van der Waals surface area contributed by atoms with Crippen LogP contribution in [-0.4, -0.2) is 59.3 Å². The topological polar surface area (TPSA) is 64.6 Å². The first kappa shape index (κ1) is 12.5. The van der Waals surface area contributed by atoms with Gasteiger partial charge in [-0.25, -0.2) is 4.98 Å². The Morgan fingerprint density at radius 2 is 2.37 bits per heavy atom. The number of carbonyl (C=O) groups excluding carboxylic acids is 1. The molecule has 1 unspecified atom stereocenters. The minimum Gasteiger partial charge on any atom is -0.381 e. The fraction of sp³-hybridized carbons (Fsp3) is 0.615. The van der Waals surface area contributed by atoms with E-state index < -0.39 is 0 Å². The van der Waals surface area contributed by atoms with Crippen molar-refractivity contribution in [3.8, 4) is 0 Å². The highest BCUT2D eigenvalue weighted by Gasteiger charge is 2.49. The Balaban J connectivity index is 1.62. The number of hydrogen-bond donors (Lipinski definition) is 0. The zero-order chi connectivity index (χ0) is 13.3. The molecule has 2 fully saturated rings. The van der Waals surface area contributed by atoms with E-state index in [1.807, 2.05) is 0 Å². The predicted octanol–water partition coefficient (Wildman–Crippen LogP) is 0.497. The Morgan fingerprint density at radius 3 is 3.05 bits per heavy atom. The molecule has 0 aliphatic carbocycles. The van der Waals surface area contributed by atoms with E-state index in [2.05, 4.69) is 9.97 Å².